The van der Waals surface area contributed by atoms with Gasteiger partial charge in [-0.15, -0.1) is 0 Å². The number of methoxy groups -OCH3 is 1. The quantitative estimate of drug-likeness (QED) is 0.487. The first-order valence-corrected chi connectivity index (χ1v) is 10.5. The number of likely N-dealkylation sites (tertiary alicyclic amines) is 1. The minimum absolute atomic E-state index is 0.0767. The van der Waals surface area contributed by atoms with Crippen molar-refractivity contribution in [2.45, 2.75) is 32.4 Å². The zero-order valence-electron chi connectivity index (χ0n) is 17.0. The zero-order chi connectivity index (χ0) is 21.6. The van der Waals surface area contributed by atoms with Crippen LogP contribution >= 0.6 is 23.2 Å². The van der Waals surface area contributed by atoms with Crippen LogP contribution in [0.2, 0.25) is 10.0 Å². The van der Waals surface area contributed by atoms with Crippen LogP contribution in [0.1, 0.15) is 47.0 Å². The molecule has 1 aliphatic heterocycles. The number of nitrogens with zero attached hydrogens (tertiary/aromatic N) is 3. The standard InChI is InChI=1S/C22H22Cl2FN3O2/c1-12-18-9-19(22(29)30-3)20(25)10-21(18)28(26-12)17-4-5-27(11-17)13(2)14-6-15(23)8-16(24)7-14/h6-10,13,17H,4-5,11H2,1-3H3/t13-,17?/m1/s1. The predicted molar refractivity (Wildman–Crippen MR) is 116 cm³/mol. The molecule has 3 aromatic rings. The number of carbonyl (C=O) groups is 1. The van der Waals surface area contributed by atoms with E-state index in [9.17, 15) is 9.18 Å². The largest absolute Gasteiger partial charge is 0.465 e. The number of fused-ring (bicyclic) bond motifs is 1. The summed E-state index contributed by atoms with van der Waals surface area (Å²) in [5.74, 6) is -1.30. The van der Waals surface area contributed by atoms with Crippen molar-refractivity contribution in [3.8, 4) is 0 Å². The highest BCUT2D eigenvalue weighted by atomic mass is 35.5. The molecule has 4 rings (SSSR count). The van der Waals surface area contributed by atoms with E-state index in [2.05, 4.69) is 21.7 Å². The fourth-order valence-electron chi connectivity index (χ4n) is 4.20. The van der Waals surface area contributed by atoms with Gasteiger partial charge in [-0.1, -0.05) is 23.2 Å². The van der Waals surface area contributed by atoms with Crippen molar-refractivity contribution in [3.63, 3.8) is 0 Å². The van der Waals surface area contributed by atoms with Gasteiger partial charge in [0.1, 0.15) is 5.82 Å². The first-order valence-electron chi connectivity index (χ1n) is 9.75. The van der Waals surface area contributed by atoms with Crippen LogP contribution in [0.4, 0.5) is 4.39 Å². The molecule has 30 heavy (non-hydrogen) atoms. The highest BCUT2D eigenvalue weighted by Gasteiger charge is 2.30. The van der Waals surface area contributed by atoms with Gasteiger partial charge in [0.25, 0.3) is 0 Å². The van der Waals surface area contributed by atoms with Crippen molar-refractivity contribution in [1.82, 2.24) is 14.7 Å². The molecular weight excluding hydrogens is 428 g/mol. The van der Waals surface area contributed by atoms with Gasteiger partial charge in [-0.3, -0.25) is 9.58 Å². The number of aryl methyl sites for hydroxylation is 1. The lowest BCUT2D eigenvalue weighted by atomic mass is 10.1. The summed E-state index contributed by atoms with van der Waals surface area (Å²) >= 11 is 12.3. The van der Waals surface area contributed by atoms with E-state index in [0.29, 0.717) is 15.6 Å². The maximum absolute atomic E-state index is 14.6. The van der Waals surface area contributed by atoms with Crippen LogP contribution in [0.25, 0.3) is 10.9 Å². The fourth-order valence-corrected chi connectivity index (χ4v) is 4.75. The average Bonchev–Trinajstić information content (AvgIpc) is 3.30. The van der Waals surface area contributed by atoms with Gasteiger partial charge in [-0.05, 0) is 50.1 Å². The third kappa shape index (κ3) is 3.80. The SMILES string of the molecule is COC(=O)c1cc2c(C)nn(C3CCN([C@H](C)c4cc(Cl)cc(Cl)c4)C3)c2cc1F. The lowest BCUT2D eigenvalue weighted by Crippen LogP contribution is -2.25. The highest BCUT2D eigenvalue weighted by molar-refractivity contribution is 6.34. The molecule has 0 radical (unpaired) electrons. The molecule has 1 aliphatic rings. The summed E-state index contributed by atoms with van der Waals surface area (Å²) in [5, 5.41) is 6.65. The molecule has 0 amide bonds. The second-order valence-electron chi connectivity index (χ2n) is 7.69. The van der Waals surface area contributed by atoms with Crippen LogP contribution < -0.4 is 0 Å². The average molecular weight is 450 g/mol. The summed E-state index contributed by atoms with van der Waals surface area (Å²) < 4.78 is 21.1. The van der Waals surface area contributed by atoms with E-state index in [0.717, 1.165) is 36.2 Å². The molecule has 1 aromatic heterocycles. The minimum atomic E-state index is -0.692. The molecule has 1 fully saturated rings. The molecule has 2 aromatic carbocycles. The van der Waals surface area contributed by atoms with Crippen LogP contribution in [0.5, 0.6) is 0 Å². The number of esters is 1. The van der Waals surface area contributed by atoms with Gasteiger partial charge in [0.05, 0.1) is 29.9 Å². The summed E-state index contributed by atoms with van der Waals surface area (Å²) in [5.41, 5.74) is 2.42. The second-order valence-corrected chi connectivity index (χ2v) is 8.56. The molecular formula is C22H22Cl2FN3O2. The lowest BCUT2D eigenvalue weighted by molar-refractivity contribution is 0.0595. The number of carbonyl (C=O) groups excluding carboxylic acids is 1. The van der Waals surface area contributed by atoms with E-state index in [1.807, 2.05) is 23.7 Å². The number of ether oxygens (including phenoxy) is 1. The van der Waals surface area contributed by atoms with Crippen molar-refractivity contribution < 1.29 is 13.9 Å². The van der Waals surface area contributed by atoms with Crippen molar-refractivity contribution in [2.75, 3.05) is 20.2 Å². The van der Waals surface area contributed by atoms with E-state index >= 15 is 0 Å². The van der Waals surface area contributed by atoms with E-state index < -0.39 is 11.8 Å². The summed E-state index contributed by atoms with van der Waals surface area (Å²) in [6.07, 6.45) is 0.884. The Morgan fingerprint density at radius 3 is 2.60 bits per heavy atom. The number of benzene rings is 2. The Kier molecular flexibility index (Phi) is 5.75. The molecule has 2 atom stereocenters. The Morgan fingerprint density at radius 2 is 1.93 bits per heavy atom. The topological polar surface area (TPSA) is 47.4 Å². The summed E-state index contributed by atoms with van der Waals surface area (Å²) in [7, 11) is 1.24. The van der Waals surface area contributed by atoms with Crippen LogP contribution in [0.15, 0.2) is 30.3 Å². The molecule has 1 unspecified atom stereocenters. The normalized spacial score (nSPS) is 18.1. The molecule has 0 bridgehead atoms. The Hall–Kier alpha value is -2.15. The van der Waals surface area contributed by atoms with Crippen LogP contribution in [0, 0.1) is 12.7 Å². The van der Waals surface area contributed by atoms with E-state index in [1.54, 1.807) is 6.07 Å². The van der Waals surface area contributed by atoms with Crippen molar-refractivity contribution in [2.24, 2.45) is 0 Å². The van der Waals surface area contributed by atoms with Crippen LogP contribution in [-0.4, -0.2) is 40.8 Å². The maximum Gasteiger partial charge on any atom is 0.340 e. The summed E-state index contributed by atoms with van der Waals surface area (Å²) in [6, 6.07) is 8.73. The Bertz CT molecular complexity index is 1110. The zero-order valence-corrected chi connectivity index (χ0v) is 18.5. The van der Waals surface area contributed by atoms with Crippen molar-refractivity contribution in [3.05, 3.63) is 63.0 Å². The number of hydrogen-bond donors (Lipinski definition) is 0. The number of rotatable bonds is 4. The molecule has 2 heterocycles. The molecule has 5 nitrogen and oxygen atoms in total. The summed E-state index contributed by atoms with van der Waals surface area (Å²) in [6.45, 7) is 5.63. The predicted octanol–water partition coefficient (Wildman–Crippen LogP) is 5.59. The first-order chi connectivity index (χ1) is 14.3. The number of halogens is 3. The molecule has 1 saturated heterocycles. The maximum atomic E-state index is 14.6. The van der Waals surface area contributed by atoms with E-state index in [-0.39, 0.29) is 17.6 Å². The van der Waals surface area contributed by atoms with Gasteiger partial charge < -0.3 is 4.74 Å². The Morgan fingerprint density at radius 1 is 1.23 bits per heavy atom. The summed E-state index contributed by atoms with van der Waals surface area (Å²) in [4.78, 5) is 14.2. The molecule has 158 valence electrons. The van der Waals surface area contributed by atoms with Crippen molar-refractivity contribution in [1.29, 1.82) is 0 Å². The fraction of sp³-hybridized carbons (Fsp3) is 0.364. The molecule has 0 saturated carbocycles. The smallest absolute Gasteiger partial charge is 0.340 e. The number of hydrogen-bond acceptors (Lipinski definition) is 4. The third-order valence-electron chi connectivity index (χ3n) is 5.84. The first kappa shape index (κ1) is 21.1. The molecule has 0 N–H and O–H groups in total. The monoisotopic (exact) mass is 449 g/mol. The van der Waals surface area contributed by atoms with Gasteiger partial charge in [0.15, 0.2) is 0 Å². The highest BCUT2D eigenvalue weighted by Crippen LogP contribution is 2.34. The van der Waals surface area contributed by atoms with Gasteiger partial charge in [0, 0.05) is 40.6 Å². The molecule has 0 aliphatic carbocycles. The Labute approximate surface area is 184 Å². The molecule has 0 spiro atoms. The van der Waals surface area contributed by atoms with Gasteiger partial charge in [-0.2, -0.15) is 5.10 Å². The van der Waals surface area contributed by atoms with E-state index in [1.165, 1.54) is 19.2 Å². The van der Waals surface area contributed by atoms with E-state index in [4.69, 9.17) is 23.2 Å². The van der Waals surface area contributed by atoms with Gasteiger partial charge >= 0.3 is 5.97 Å². The van der Waals surface area contributed by atoms with Crippen LogP contribution in [-0.2, 0) is 4.74 Å². The van der Waals surface area contributed by atoms with Gasteiger partial charge in [0.2, 0.25) is 0 Å². The third-order valence-corrected chi connectivity index (χ3v) is 6.28. The van der Waals surface area contributed by atoms with Gasteiger partial charge in [-0.25, -0.2) is 9.18 Å². The lowest BCUT2D eigenvalue weighted by Gasteiger charge is -2.25. The van der Waals surface area contributed by atoms with Crippen molar-refractivity contribution >= 4 is 40.1 Å². The van der Waals surface area contributed by atoms with Crippen LogP contribution in [0.3, 0.4) is 0 Å². The Balaban J connectivity index is 1.62. The molecule has 8 heteroatoms. The minimum Gasteiger partial charge on any atom is -0.465 e. The number of aromatic nitrogens is 2. The second kappa shape index (κ2) is 8.17.